The number of hydrogen-bond donors (Lipinski definition) is 3. The highest BCUT2D eigenvalue weighted by Gasteiger charge is 2.27. The lowest BCUT2D eigenvalue weighted by molar-refractivity contribution is -0.125. The highest BCUT2D eigenvalue weighted by atomic mass is 32.1. The number of hydrogen-bond acceptors (Lipinski definition) is 4. The lowest BCUT2D eigenvalue weighted by Crippen LogP contribution is -2.51. The summed E-state index contributed by atoms with van der Waals surface area (Å²) in [7, 11) is 0. The fourth-order valence-electron chi connectivity index (χ4n) is 1.96. The second-order valence-electron chi connectivity index (χ2n) is 4.24. The van der Waals surface area contributed by atoms with Gasteiger partial charge in [-0.3, -0.25) is 15.0 Å². The molecule has 3 amide bonds. The Bertz CT molecular complexity index is 326. The number of imide groups is 1. The van der Waals surface area contributed by atoms with Crippen molar-refractivity contribution in [2.24, 2.45) is 17.4 Å². The van der Waals surface area contributed by atoms with Gasteiger partial charge in [-0.05, 0) is 32.9 Å². The van der Waals surface area contributed by atoms with Gasteiger partial charge < -0.3 is 11.5 Å². The van der Waals surface area contributed by atoms with Crippen LogP contribution in [0.5, 0.6) is 0 Å². The molecule has 0 bridgehead atoms. The molecule has 96 valence electrons. The first-order chi connectivity index (χ1) is 7.91. The number of nitrogens with zero attached hydrogens (tertiary/aromatic N) is 1. The predicted molar refractivity (Wildman–Crippen MR) is 68.3 cm³/mol. The molecule has 1 atom stereocenters. The topological polar surface area (TPSA) is 101 Å². The number of urea groups is 1. The van der Waals surface area contributed by atoms with E-state index in [-0.39, 0.29) is 17.9 Å². The van der Waals surface area contributed by atoms with Gasteiger partial charge in [0.1, 0.15) is 0 Å². The minimum atomic E-state index is -0.820. The zero-order valence-corrected chi connectivity index (χ0v) is 10.6. The standard InChI is InChI=1S/C10H18N4O2S/c1-6(9(15)13-10(12)16)14-4-2-7(3-5-14)8(11)17/h6-7H,2-5H2,1H3,(H2,11,17)(H3,12,13,15,16). The van der Waals surface area contributed by atoms with E-state index in [1.807, 2.05) is 4.90 Å². The van der Waals surface area contributed by atoms with E-state index in [0.29, 0.717) is 4.99 Å². The van der Waals surface area contributed by atoms with E-state index in [1.54, 1.807) is 6.92 Å². The largest absolute Gasteiger partial charge is 0.393 e. The van der Waals surface area contributed by atoms with E-state index in [1.165, 1.54) is 0 Å². The van der Waals surface area contributed by atoms with Gasteiger partial charge in [0.2, 0.25) is 5.91 Å². The highest BCUT2D eigenvalue weighted by Crippen LogP contribution is 2.19. The maximum atomic E-state index is 11.6. The van der Waals surface area contributed by atoms with Crippen molar-refractivity contribution in [2.45, 2.75) is 25.8 Å². The summed E-state index contributed by atoms with van der Waals surface area (Å²) in [5, 5.41) is 2.08. The molecule has 1 rings (SSSR count). The molecule has 7 heteroatoms. The lowest BCUT2D eigenvalue weighted by atomic mass is 9.96. The summed E-state index contributed by atoms with van der Waals surface area (Å²) >= 11 is 4.95. The van der Waals surface area contributed by atoms with Crippen molar-refractivity contribution in [3.63, 3.8) is 0 Å². The number of nitrogens with one attached hydrogen (secondary N) is 1. The Morgan fingerprint density at radius 1 is 1.35 bits per heavy atom. The van der Waals surface area contributed by atoms with Crippen molar-refractivity contribution in [1.29, 1.82) is 0 Å². The zero-order valence-electron chi connectivity index (χ0n) is 9.81. The van der Waals surface area contributed by atoms with E-state index in [0.717, 1.165) is 25.9 Å². The smallest absolute Gasteiger partial charge is 0.318 e. The van der Waals surface area contributed by atoms with Crippen LogP contribution in [0, 0.1) is 5.92 Å². The number of carbonyl (C=O) groups excluding carboxylic acids is 2. The van der Waals surface area contributed by atoms with E-state index < -0.39 is 6.03 Å². The Morgan fingerprint density at radius 2 is 1.88 bits per heavy atom. The Morgan fingerprint density at radius 3 is 2.29 bits per heavy atom. The highest BCUT2D eigenvalue weighted by molar-refractivity contribution is 7.80. The fraction of sp³-hybridized carbons (Fsp3) is 0.700. The molecule has 5 N–H and O–H groups in total. The van der Waals surface area contributed by atoms with Gasteiger partial charge in [-0.2, -0.15) is 0 Å². The lowest BCUT2D eigenvalue weighted by Gasteiger charge is -2.34. The maximum absolute atomic E-state index is 11.6. The van der Waals surface area contributed by atoms with Gasteiger partial charge in [0.25, 0.3) is 0 Å². The molecule has 1 unspecified atom stereocenters. The second kappa shape index (κ2) is 5.92. The quantitative estimate of drug-likeness (QED) is 0.596. The summed E-state index contributed by atoms with van der Waals surface area (Å²) in [4.78, 5) is 24.7. The zero-order chi connectivity index (χ0) is 13.0. The first kappa shape index (κ1) is 13.9. The van der Waals surface area contributed by atoms with Gasteiger partial charge in [-0.15, -0.1) is 0 Å². The summed E-state index contributed by atoms with van der Waals surface area (Å²) in [6, 6.07) is -1.19. The Labute approximate surface area is 106 Å². The van der Waals surface area contributed by atoms with E-state index in [9.17, 15) is 9.59 Å². The van der Waals surface area contributed by atoms with Gasteiger partial charge in [0.05, 0.1) is 11.0 Å². The minimum absolute atomic E-state index is 0.257. The van der Waals surface area contributed by atoms with Gasteiger partial charge in [0.15, 0.2) is 0 Å². The molecule has 0 radical (unpaired) electrons. The van der Waals surface area contributed by atoms with Gasteiger partial charge >= 0.3 is 6.03 Å². The van der Waals surface area contributed by atoms with Gasteiger partial charge in [-0.25, -0.2) is 4.79 Å². The van der Waals surface area contributed by atoms with Crippen molar-refractivity contribution in [3.05, 3.63) is 0 Å². The van der Waals surface area contributed by atoms with E-state index >= 15 is 0 Å². The molecule has 1 saturated heterocycles. The summed E-state index contributed by atoms with van der Waals surface area (Å²) < 4.78 is 0. The third-order valence-corrected chi connectivity index (χ3v) is 3.44. The molecule has 0 aromatic carbocycles. The first-order valence-corrected chi connectivity index (χ1v) is 5.96. The van der Waals surface area contributed by atoms with Crippen LogP contribution in [0.25, 0.3) is 0 Å². The summed E-state index contributed by atoms with van der Waals surface area (Å²) in [6.45, 7) is 3.24. The molecule has 0 aromatic heterocycles. The number of likely N-dealkylation sites (tertiary alicyclic amines) is 1. The van der Waals surface area contributed by atoms with Crippen molar-refractivity contribution in [3.8, 4) is 0 Å². The maximum Gasteiger partial charge on any atom is 0.318 e. The molecule has 17 heavy (non-hydrogen) atoms. The molecular formula is C10H18N4O2S. The second-order valence-corrected chi connectivity index (χ2v) is 4.71. The van der Waals surface area contributed by atoms with Crippen LogP contribution in [-0.4, -0.2) is 41.0 Å². The number of amides is 3. The van der Waals surface area contributed by atoms with E-state index in [4.69, 9.17) is 23.7 Å². The molecule has 0 aromatic rings. The van der Waals surface area contributed by atoms with Crippen LogP contribution in [0.15, 0.2) is 0 Å². The average molecular weight is 258 g/mol. The van der Waals surface area contributed by atoms with Crippen LogP contribution in [-0.2, 0) is 4.79 Å². The number of nitrogens with two attached hydrogens (primary N) is 2. The summed E-state index contributed by atoms with van der Waals surface area (Å²) in [5.41, 5.74) is 10.5. The number of piperidine rings is 1. The molecule has 0 saturated carbocycles. The normalized spacial score (nSPS) is 19.6. The molecule has 1 heterocycles. The molecule has 1 fully saturated rings. The van der Waals surface area contributed by atoms with Crippen LogP contribution in [0.2, 0.25) is 0 Å². The van der Waals surface area contributed by atoms with Crippen LogP contribution in [0.3, 0.4) is 0 Å². The minimum Gasteiger partial charge on any atom is -0.393 e. The molecule has 0 spiro atoms. The Balaban J connectivity index is 2.45. The molecule has 6 nitrogen and oxygen atoms in total. The van der Waals surface area contributed by atoms with E-state index in [2.05, 4.69) is 5.32 Å². The fourth-order valence-corrected chi connectivity index (χ4v) is 2.20. The molecular weight excluding hydrogens is 240 g/mol. The Kier molecular flexibility index (Phi) is 4.83. The van der Waals surface area contributed by atoms with Crippen LogP contribution in [0.1, 0.15) is 19.8 Å². The Hall–Kier alpha value is -1.21. The number of primary amides is 1. The van der Waals surface area contributed by atoms with Crippen molar-refractivity contribution >= 4 is 29.1 Å². The predicted octanol–water partition coefficient (Wildman–Crippen LogP) is -0.432. The van der Waals surface area contributed by atoms with Gasteiger partial charge in [-0.1, -0.05) is 12.2 Å². The van der Waals surface area contributed by atoms with Crippen LogP contribution >= 0.6 is 12.2 Å². The monoisotopic (exact) mass is 258 g/mol. The van der Waals surface area contributed by atoms with Crippen molar-refractivity contribution in [1.82, 2.24) is 10.2 Å². The molecule has 1 aliphatic rings. The van der Waals surface area contributed by atoms with Crippen LogP contribution < -0.4 is 16.8 Å². The molecule has 0 aliphatic carbocycles. The first-order valence-electron chi connectivity index (χ1n) is 5.55. The SMILES string of the molecule is CC(C(=O)NC(N)=O)N1CCC(C(N)=S)CC1. The summed E-state index contributed by atoms with van der Waals surface area (Å²) in [6.07, 6.45) is 1.70. The number of thiocarbonyl (C=S) groups is 1. The summed E-state index contributed by atoms with van der Waals surface area (Å²) in [5.74, 6) is -0.112. The third-order valence-electron chi connectivity index (χ3n) is 3.11. The van der Waals surface area contributed by atoms with Crippen molar-refractivity contribution in [2.75, 3.05) is 13.1 Å². The third kappa shape index (κ3) is 3.94. The average Bonchev–Trinajstić information content (AvgIpc) is 2.27. The number of carbonyl (C=O) groups is 2. The molecule has 1 aliphatic heterocycles. The van der Waals surface area contributed by atoms with Crippen molar-refractivity contribution < 1.29 is 9.59 Å². The van der Waals surface area contributed by atoms with Crippen LogP contribution in [0.4, 0.5) is 4.79 Å². The number of rotatable bonds is 3. The van der Waals surface area contributed by atoms with Gasteiger partial charge in [0, 0.05) is 5.92 Å².